The molecule has 29 heavy (non-hydrogen) atoms. The summed E-state index contributed by atoms with van der Waals surface area (Å²) in [4.78, 5) is 16.1. The monoisotopic (exact) mass is 387 g/mol. The predicted octanol–water partition coefficient (Wildman–Crippen LogP) is 4.68. The first kappa shape index (κ1) is 18.4. The SMILES string of the molecule is CCn1c(-c2ccccc2)c(C(=O)NC2C[C@H]3CC[C@@H](C2)N3C)c2ccccc21. The van der Waals surface area contributed by atoms with Crippen LogP contribution in [0.15, 0.2) is 54.6 Å². The highest BCUT2D eigenvalue weighted by molar-refractivity contribution is 6.13. The van der Waals surface area contributed by atoms with E-state index < -0.39 is 0 Å². The molecule has 1 N–H and O–H groups in total. The Morgan fingerprint density at radius 1 is 1.00 bits per heavy atom. The number of amides is 1. The fraction of sp³-hybridized carbons (Fsp3) is 0.400. The molecule has 1 amide bonds. The van der Waals surface area contributed by atoms with Gasteiger partial charge in [-0.15, -0.1) is 0 Å². The number of carbonyl (C=O) groups excluding carboxylic acids is 1. The number of carbonyl (C=O) groups is 1. The van der Waals surface area contributed by atoms with E-state index in [1.165, 1.54) is 12.8 Å². The molecular weight excluding hydrogens is 358 g/mol. The summed E-state index contributed by atoms with van der Waals surface area (Å²) < 4.78 is 2.28. The van der Waals surface area contributed by atoms with Gasteiger partial charge in [0.05, 0.1) is 11.3 Å². The molecule has 4 heteroatoms. The minimum atomic E-state index is 0.0706. The third-order valence-electron chi connectivity index (χ3n) is 6.99. The number of benzene rings is 2. The van der Waals surface area contributed by atoms with Crippen LogP contribution in [0.5, 0.6) is 0 Å². The van der Waals surface area contributed by atoms with Crippen molar-refractivity contribution in [2.45, 2.75) is 57.3 Å². The molecule has 1 aromatic heterocycles. The Balaban J connectivity index is 1.56. The number of piperidine rings is 1. The summed E-state index contributed by atoms with van der Waals surface area (Å²) in [7, 11) is 2.24. The fourth-order valence-electron chi connectivity index (χ4n) is 5.54. The zero-order valence-electron chi connectivity index (χ0n) is 17.3. The molecule has 2 bridgehead atoms. The highest BCUT2D eigenvalue weighted by atomic mass is 16.1. The van der Waals surface area contributed by atoms with Gasteiger partial charge in [0.1, 0.15) is 0 Å². The molecule has 3 atom stereocenters. The molecule has 0 spiro atoms. The highest BCUT2D eigenvalue weighted by Gasteiger charge is 2.39. The van der Waals surface area contributed by atoms with Gasteiger partial charge in [-0.05, 0) is 51.3 Å². The van der Waals surface area contributed by atoms with Gasteiger partial charge in [0.25, 0.3) is 5.91 Å². The van der Waals surface area contributed by atoms with E-state index in [1.54, 1.807) is 0 Å². The van der Waals surface area contributed by atoms with Crippen molar-refractivity contribution in [2.24, 2.45) is 0 Å². The minimum absolute atomic E-state index is 0.0706. The Bertz CT molecular complexity index is 1020. The van der Waals surface area contributed by atoms with Gasteiger partial charge in [-0.25, -0.2) is 0 Å². The molecule has 5 rings (SSSR count). The number of aryl methyl sites for hydroxylation is 1. The van der Waals surface area contributed by atoms with Crippen molar-refractivity contribution in [3.63, 3.8) is 0 Å². The molecule has 2 aromatic carbocycles. The van der Waals surface area contributed by atoms with Crippen molar-refractivity contribution in [1.29, 1.82) is 0 Å². The lowest BCUT2D eigenvalue weighted by molar-refractivity contribution is 0.0884. The summed E-state index contributed by atoms with van der Waals surface area (Å²) in [5.41, 5.74) is 4.07. The van der Waals surface area contributed by atoms with Crippen molar-refractivity contribution < 1.29 is 4.79 Å². The average molecular weight is 388 g/mol. The topological polar surface area (TPSA) is 37.3 Å². The molecule has 2 aliphatic heterocycles. The number of para-hydroxylation sites is 1. The van der Waals surface area contributed by atoms with E-state index in [0.717, 1.165) is 47.1 Å². The van der Waals surface area contributed by atoms with E-state index in [2.05, 4.69) is 59.1 Å². The van der Waals surface area contributed by atoms with Crippen molar-refractivity contribution in [2.75, 3.05) is 7.05 Å². The van der Waals surface area contributed by atoms with Crippen LogP contribution in [0.4, 0.5) is 0 Å². The molecule has 0 radical (unpaired) electrons. The Morgan fingerprint density at radius 2 is 1.66 bits per heavy atom. The van der Waals surface area contributed by atoms with Gasteiger partial charge in [0.15, 0.2) is 0 Å². The summed E-state index contributed by atoms with van der Waals surface area (Å²) in [6, 6.07) is 20.1. The molecule has 2 aliphatic rings. The molecule has 3 aromatic rings. The van der Waals surface area contributed by atoms with Gasteiger partial charge in [0, 0.05) is 35.6 Å². The van der Waals surface area contributed by atoms with Crippen LogP contribution in [0.3, 0.4) is 0 Å². The van der Waals surface area contributed by atoms with E-state index in [9.17, 15) is 4.79 Å². The van der Waals surface area contributed by atoms with Crippen LogP contribution in [0, 0.1) is 0 Å². The maximum Gasteiger partial charge on any atom is 0.254 e. The van der Waals surface area contributed by atoms with Crippen LogP contribution in [0.25, 0.3) is 22.2 Å². The maximum absolute atomic E-state index is 13.6. The lowest BCUT2D eigenvalue weighted by Crippen LogP contribution is -2.48. The molecule has 3 heterocycles. The minimum Gasteiger partial charge on any atom is -0.349 e. The lowest BCUT2D eigenvalue weighted by atomic mass is 9.97. The maximum atomic E-state index is 13.6. The molecule has 0 saturated carbocycles. The lowest BCUT2D eigenvalue weighted by Gasteiger charge is -2.36. The summed E-state index contributed by atoms with van der Waals surface area (Å²) in [5, 5.41) is 4.46. The van der Waals surface area contributed by atoms with Crippen LogP contribution >= 0.6 is 0 Å². The van der Waals surface area contributed by atoms with E-state index >= 15 is 0 Å². The first-order chi connectivity index (χ1) is 14.2. The molecular formula is C25H29N3O. The van der Waals surface area contributed by atoms with Crippen molar-refractivity contribution in [1.82, 2.24) is 14.8 Å². The van der Waals surface area contributed by atoms with E-state index in [1.807, 2.05) is 24.3 Å². The Kier molecular flexibility index (Phi) is 4.67. The summed E-state index contributed by atoms with van der Waals surface area (Å²) >= 11 is 0. The molecule has 1 unspecified atom stereocenters. The molecule has 150 valence electrons. The second-order valence-corrected chi connectivity index (χ2v) is 8.54. The number of nitrogens with one attached hydrogen (secondary N) is 1. The van der Waals surface area contributed by atoms with Gasteiger partial charge in [-0.2, -0.15) is 0 Å². The van der Waals surface area contributed by atoms with Crippen LogP contribution in [0.2, 0.25) is 0 Å². The zero-order valence-corrected chi connectivity index (χ0v) is 17.3. The third-order valence-corrected chi connectivity index (χ3v) is 6.99. The Morgan fingerprint density at radius 3 is 2.34 bits per heavy atom. The smallest absolute Gasteiger partial charge is 0.254 e. The summed E-state index contributed by atoms with van der Waals surface area (Å²) in [5.74, 6) is 0.0706. The molecule has 0 aliphatic carbocycles. The van der Waals surface area contributed by atoms with Gasteiger partial charge in [-0.3, -0.25) is 4.79 Å². The average Bonchev–Trinajstić information content (AvgIpc) is 3.17. The quantitative estimate of drug-likeness (QED) is 0.706. The zero-order chi connectivity index (χ0) is 20.0. The van der Waals surface area contributed by atoms with Crippen molar-refractivity contribution in [3.8, 4) is 11.3 Å². The number of nitrogens with zero attached hydrogens (tertiary/aromatic N) is 2. The summed E-state index contributed by atoms with van der Waals surface area (Å²) in [6.45, 7) is 2.98. The first-order valence-corrected chi connectivity index (χ1v) is 10.9. The number of rotatable bonds is 4. The van der Waals surface area contributed by atoms with Crippen molar-refractivity contribution in [3.05, 3.63) is 60.2 Å². The van der Waals surface area contributed by atoms with E-state index in [4.69, 9.17) is 0 Å². The molecule has 4 nitrogen and oxygen atoms in total. The summed E-state index contributed by atoms with van der Waals surface area (Å²) in [6.07, 6.45) is 4.65. The Hall–Kier alpha value is -2.59. The van der Waals surface area contributed by atoms with Crippen LogP contribution in [0.1, 0.15) is 43.0 Å². The van der Waals surface area contributed by atoms with Gasteiger partial charge < -0.3 is 14.8 Å². The normalized spacial score (nSPS) is 24.1. The first-order valence-electron chi connectivity index (χ1n) is 10.9. The number of aromatic nitrogens is 1. The highest BCUT2D eigenvalue weighted by Crippen LogP contribution is 2.36. The number of fused-ring (bicyclic) bond motifs is 3. The van der Waals surface area contributed by atoms with Gasteiger partial charge in [0.2, 0.25) is 0 Å². The standard InChI is InChI=1S/C25H29N3O/c1-3-28-22-12-8-7-11-21(22)23(24(28)17-9-5-4-6-10-17)25(29)26-18-15-19-13-14-20(16-18)27(19)2/h4-12,18-20H,3,13-16H2,1-2H3,(H,26,29)/t18?,19-,20+. The number of hydrogen-bond donors (Lipinski definition) is 1. The van der Waals surface area contributed by atoms with Crippen LogP contribution in [-0.4, -0.2) is 40.5 Å². The van der Waals surface area contributed by atoms with Crippen molar-refractivity contribution >= 4 is 16.8 Å². The van der Waals surface area contributed by atoms with Gasteiger partial charge >= 0.3 is 0 Å². The number of hydrogen-bond acceptors (Lipinski definition) is 2. The second-order valence-electron chi connectivity index (χ2n) is 8.54. The largest absolute Gasteiger partial charge is 0.349 e. The van der Waals surface area contributed by atoms with Gasteiger partial charge in [-0.1, -0.05) is 48.5 Å². The van der Waals surface area contributed by atoms with E-state index in [0.29, 0.717) is 12.1 Å². The molecule has 2 saturated heterocycles. The van der Waals surface area contributed by atoms with Crippen LogP contribution < -0.4 is 5.32 Å². The van der Waals surface area contributed by atoms with Crippen LogP contribution in [-0.2, 0) is 6.54 Å². The van der Waals surface area contributed by atoms with E-state index in [-0.39, 0.29) is 11.9 Å². The Labute approximate surface area is 172 Å². The molecule has 2 fully saturated rings. The second kappa shape index (κ2) is 7.34. The third kappa shape index (κ3) is 3.06. The fourth-order valence-corrected chi connectivity index (χ4v) is 5.54. The predicted molar refractivity (Wildman–Crippen MR) is 118 cm³/mol.